The molecule has 0 saturated heterocycles. The van der Waals surface area contributed by atoms with Crippen molar-refractivity contribution in [2.45, 2.75) is 97.8 Å². The third-order valence-electron chi connectivity index (χ3n) is 4.65. The lowest BCUT2D eigenvalue weighted by molar-refractivity contribution is -2.00. The van der Waals surface area contributed by atoms with Gasteiger partial charge in [0, 0.05) is 0 Å². The van der Waals surface area contributed by atoms with Crippen LogP contribution in [0.15, 0.2) is 0 Å². The molecule has 0 aromatic carbocycles. The lowest BCUT2D eigenvalue weighted by Gasteiger charge is -2.35. The first kappa shape index (κ1) is 27.3. The largest absolute Gasteiger partial charge is 0.326 e. The number of halogens is 1. The Bertz CT molecular complexity index is 235. The van der Waals surface area contributed by atoms with Gasteiger partial charge in [0.2, 0.25) is 0 Å². The Morgan fingerprint density at radius 1 is 0.520 bits per heavy atom. The molecule has 0 aliphatic heterocycles. The molecule has 154 valence electrons. The maximum absolute atomic E-state index is 8.49. The minimum absolute atomic E-state index is 1.34. The molecule has 6 heteroatoms. The Hall–Kier alpha value is 0.0900. The maximum Gasteiger partial charge on any atom is 0.0784 e. The Balaban J connectivity index is 0. The summed E-state index contributed by atoms with van der Waals surface area (Å²) < 4.78 is 35.3. The van der Waals surface area contributed by atoms with Crippen LogP contribution in [-0.2, 0) is 0 Å². The molecule has 0 N–H and O–H groups in total. The van der Waals surface area contributed by atoms with Crippen molar-refractivity contribution in [3.63, 3.8) is 0 Å². The molecule has 0 heterocycles. The molecule has 0 fully saturated rings. The molecule has 5 nitrogen and oxygen atoms in total. The van der Waals surface area contributed by atoms with Gasteiger partial charge in [-0.3, -0.25) is 0 Å². The van der Waals surface area contributed by atoms with Crippen LogP contribution in [0.3, 0.4) is 0 Å². The van der Waals surface area contributed by atoms with Gasteiger partial charge in [0.15, 0.2) is 0 Å². The summed E-state index contributed by atoms with van der Waals surface area (Å²) >= 11 is 0. The average Bonchev–Trinajstić information content (AvgIpc) is 2.51. The van der Waals surface area contributed by atoms with E-state index in [1.165, 1.54) is 101 Å². The molecule has 0 aliphatic carbocycles. The predicted molar refractivity (Wildman–Crippen MR) is 93.2 cm³/mol. The highest BCUT2D eigenvalue weighted by Gasteiger charge is 2.19. The maximum atomic E-state index is 8.49. The van der Waals surface area contributed by atoms with Crippen LogP contribution in [-0.4, -0.2) is 31.2 Å². The van der Waals surface area contributed by atoms with E-state index in [4.69, 9.17) is 18.6 Å². The summed E-state index contributed by atoms with van der Waals surface area (Å²) in [6, 6.07) is 0. The van der Waals surface area contributed by atoms with E-state index >= 15 is 0 Å². The monoisotopic (exact) mass is 383 g/mol. The molecule has 0 amide bonds. The minimum atomic E-state index is -4.94. The SMILES string of the molecule is CCCCCC[N+](C)(CCCCCC)CCCCCC.[O-][Cl+3]([O-])([O-])[O-]. The zero-order chi connectivity index (χ0) is 19.6. The fourth-order valence-electron chi connectivity index (χ4n) is 3.10. The molecule has 0 rings (SSSR count). The van der Waals surface area contributed by atoms with Crippen LogP contribution < -0.4 is 18.6 Å². The molecule has 0 aliphatic rings. The van der Waals surface area contributed by atoms with Gasteiger partial charge in [-0.05, 0) is 38.5 Å². The van der Waals surface area contributed by atoms with Crippen molar-refractivity contribution in [1.82, 2.24) is 0 Å². The van der Waals surface area contributed by atoms with Gasteiger partial charge in [0.25, 0.3) is 0 Å². The number of nitrogens with zero attached hydrogens (tertiary/aromatic N) is 1. The Morgan fingerprint density at radius 2 is 0.760 bits per heavy atom. The molecule has 0 unspecified atom stereocenters. The van der Waals surface area contributed by atoms with Crippen molar-refractivity contribution in [3.8, 4) is 0 Å². The average molecular weight is 384 g/mol. The molecule has 0 spiro atoms. The molecule has 0 atom stereocenters. The smallest absolute Gasteiger partial charge is 0.0784 e. The predicted octanol–water partition coefficient (Wildman–Crippen LogP) is 1.42. The summed E-state index contributed by atoms with van der Waals surface area (Å²) in [4.78, 5) is 0. The third kappa shape index (κ3) is 26.4. The fourth-order valence-corrected chi connectivity index (χ4v) is 3.10. The quantitative estimate of drug-likeness (QED) is 0.315. The highest BCUT2D eigenvalue weighted by atomic mass is 35.7. The van der Waals surface area contributed by atoms with Crippen LogP contribution in [0.25, 0.3) is 0 Å². The first-order valence-electron chi connectivity index (χ1n) is 10.1. The summed E-state index contributed by atoms with van der Waals surface area (Å²) in [5.74, 6) is 0. The van der Waals surface area contributed by atoms with Gasteiger partial charge in [-0.2, -0.15) is 0 Å². The zero-order valence-corrected chi connectivity index (χ0v) is 17.8. The molecular weight excluding hydrogens is 342 g/mol. The van der Waals surface area contributed by atoms with Crippen molar-refractivity contribution in [2.75, 3.05) is 26.7 Å². The van der Waals surface area contributed by atoms with E-state index in [2.05, 4.69) is 27.8 Å². The van der Waals surface area contributed by atoms with Crippen LogP contribution in [0.1, 0.15) is 97.8 Å². The van der Waals surface area contributed by atoms with Gasteiger partial charge >= 0.3 is 0 Å². The summed E-state index contributed by atoms with van der Waals surface area (Å²) in [6.45, 7) is 11.2. The van der Waals surface area contributed by atoms with E-state index in [1.807, 2.05) is 0 Å². The van der Waals surface area contributed by atoms with Gasteiger partial charge in [-0.1, -0.05) is 59.3 Å². The first-order valence-corrected chi connectivity index (χ1v) is 11.4. The van der Waals surface area contributed by atoms with Crippen LogP contribution in [0.4, 0.5) is 0 Å². The number of unbranched alkanes of at least 4 members (excludes halogenated alkanes) is 9. The fraction of sp³-hybridized carbons (Fsp3) is 1.00. The topological polar surface area (TPSA) is 92.2 Å². The first-order chi connectivity index (χ1) is 11.7. The van der Waals surface area contributed by atoms with E-state index < -0.39 is 10.2 Å². The number of rotatable bonds is 15. The van der Waals surface area contributed by atoms with Gasteiger partial charge in [-0.15, -0.1) is 10.2 Å². The third-order valence-corrected chi connectivity index (χ3v) is 4.65. The van der Waals surface area contributed by atoms with Gasteiger partial charge in [0.1, 0.15) is 0 Å². The lowest BCUT2D eigenvalue weighted by Crippen LogP contribution is -2.68. The van der Waals surface area contributed by atoms with Crippen LogP contribution in [0, 0.1) is 10.2 Å². The second kappa shape index (κ2) is 17.5. The molecule has 0 aromatic heterocycles. The zero-order valence-electron chi connectivity index (χ0n) is 17.1. The standard InChI is InChI=1S/C19H42N.ClHO4/c1-5-8-11-14-17-20(4,18-15-12-9-6-2)19-16-13-10-7-3;2-1(3,4)5/h5-19H2,1-4H3;(H,2,3,4,5)/q+1;/p-1. The molecule has 0 saturated carbocycles. The van der Waals surface area contributed by atoms with Gasteiger partial charge in [-0.25, -0.2) is 18.6 Å². The van der Waals surface area contributed by atoms with Crippen molar-refractivity contribution in [2.24, 2.45) is 0 Å². The molecule has 0 aromatic rings. The van der Waals surface area contributed by atoms with Crippen LogP contribution in [0.2, 0.25) is 0 Å². The molecule has 0 radical (unpaired) electrons. The highest BCUT2D eigenvalue weighted by Crippen LogP contribution is 2.14. The molecule has 0 bridgehead atoms. The Kier molecular flexibility index (Phi) is 19.1. The van der Waals surface area contributed by atoms with E-state index in [1.54, 1.807) is 0 Å². The summed E-state index contributed by atoms with van der Waals surface area (Å²) in [5.41, 5.74) is 0. The highest BCUT2D eigenvalue weighted by molar-refractivity contribution is 4.48. The van der Waals surface area contributed by atoms with E-state index in [-0.39, 0.29) is 0 Å². The second-order valence-electron chi connectivity index (χ2n) is 7.35. The van der Waals surface area contributed by atoms with Crippen molar-refractivity contribution >= 4 is 0 Å². The van der Waals surface area contributed by atoms with Crippen molar-refractivity contribution < 1.29 is 33.4 Å². The van der Waals surface area contributed by atoms with Gasteiger partial charge in [0.05, 0.1) is 26.7 Å². The van der Waals surface area contributed by atoms with E-state index in [9.17, 15) is 0 Å². The minimum Gasteiger partial charge on any atom is -0.326 e. The molecule has 25 heavy (non-hydrogen) atoms. The van der Waals surface area contributed by atoms with E-state index in [0.717, 1.165) is 0 Å². The summed E-state index contributed by atoms with van der Waals surface area (Å²) in [7, 11) is -2.43. The Morgan fingerprint density at radius 3 is 0.960 bits per heavy atom. The van der Waals surface area contributed by atoms with Crippen LogP contribution >= 0.6 is 0 Å². The normalized spacial score (nSPS) is 12.0. The number of hydrogen-bond acceptors (Lipinski definition) is 4. The van der Waals surface area contributed by atoms with Crippen LogP contribution in [0.5, 0.6) is 0 Å². The summed E-state index contributed by atoms with van der Waals surface area (Å²) in [5, 5.41) is 0. The van der Waals surface area contributed by atoms with Crippen molar-refractivity contribution in [1.29, 1.82) is 0 Å². The Labute approximate surface area is 158 Å². The lowest BCUT2D eigenvalue weighted by atomic mass is 10.1. The van der Waals surface area contributed by atoms with Gasteiger partial charge < -0.3 is 4.48 Å². The van der Waals surface area contributed by atoms with Crippen molar-refractivity contribution in [3.05, 3.63) is 0 Å². The second-order valence-corrected chi connectivity index (χ2v) is 8.11. The number of quaternary nitrogens is 1. The van der Waals surface area contributed by atoms with E-state index in [0.29, 0.717) is 0 Å². The summed E-state index contributed by atoms with van der Waals surface area (Å²) in [6.07, 6.45) is 17.0. The number of hydrogen-bond donors (Lipinski definition) is 0. The molecular formula is C19H42ClNO4.